The lowest BCUT2D eigenvalue weighted by Gasteiger charge is -2.25. The third-order valence-electron chi connectivity index (χ3n) is 4.21. The van der Waals surface area contributed by atoms with Crippen molar-refractivity contribution >= 4 is 12.0 Å². The Morgan fingerprint density at radius 3 is 2.30 bits per heavy atom. The Balaban J connectivity index is 2.57. The fourth-order valence-corrected chi connectivity index (χ4v) is 2.73. The highest BCUT2D eigenvalue weighted by atomic mass is 16.4. The molecule has 0 saturated carbocycles. The minimum atomic E-state index is -0.969. The SMILES string of the molecule is CC(C)C1CCCN(C(=O)N[C@H](C(=O)O)C(C)C)CC1. The summed E-state index contributed by atoms with van der Waals surface area (Å²) in [5.74, 6) is 0.212. The third kappa shape index (κ3) is 4.69. The van der Waals surface area contributed by atoms with Crippen LogP contribution in [-0.2, 0) is 4.79 Å². The van der Waals surface area contributed by atoms with Gasteiger partial charge in [0.15, 0.2) is 0 Å². The Morgan fingerprint density at radius 2 is 1.80 bits per heavy atom. The number of likely N-dealkylation sites (tertiary alicyclic amines) is 1. The van der Waals surface area contributed by atoms with E-state index >= 15 is 0 Å². The Bertz CT molecular complexity index is 342. The molecule has 2 atom stereocenters. The number of nitrogens with one attached hydrogen (secondary N) is 1. The zero-order valence-electron chi connectivity index (χ0n) is 13.1. The van der Waals surface area contributed by atoms with Crippen molar-refractivity contribution in [2.45, 2.75) is 53.0 Å². The van der Waals surface area contributed by atoms with Gasteiger partial charge in [-0.05, 0) is 37.0 Å². The normalized spacial score (nSPS) is 21.7. The number of aliphatic carboxylic acids is 1. The number of hydrogen-bond donors (Lipinski definition) is 2. The van der Waals surface area contributed by atoms with Gasteiger partial charge >= 0.3 is 12.0 Å². The second kappa shape index (κ2) is 7.50. The third-order valence-corrected chi connectivity index (χ3v) is 4.21. The van der Waals surface area contributed by atoms with Crippen molar-refractivity contribution in [3.8, 4) is 0 Å². The topological polar surface area (TPSA) is 69.6 Å². The van der Waals surface area contributed by atoms with Crippen molar-refractivity contribution in [2.75, 3.05) is 13.1 Å². The molecule has 0 aliphatic carbocycles. The van der Waals surface area contributed by atoms with Crippen LogP contribution >= 0.6 is 0 Å². The number of carbonyl (C=O) groups excluding carboxylic acids is 1. The highest BCUT2D eigenvalue weighted by molar-refractivity contribution is 5.82. The van der Waals surface area contributed by atoms with Crippen LogP contribution in [0.1, 0.15) is 47.0 Å². The molecule has 5 heteroatoms. The zero-order chi connectivity index (χ0) is 15.3. The predicted octanol–water partition coefficient (Wildman–Crippen LogP) is 2.56. The Hall–Kier alpha value is -1.26. The molecular weight excluding hydrogens is 256 g/mol. The molecule has 5 nitrogen and oxygen atoms in total. The van der Waals surface area contributed by atoms with E-state index in [1.54, 1.807) is 18.7 Å². The summed E-state index contributed by atoms with van der Waals surface area (Å²) < 4.78 is 0. The second-order valence-electron chi connectivity index (χ2n) is 6.43. The Morgan fingerprint density at radius 1 is 1.15 bits per heavy atom. The van der Waals surface area contributed by atoms with E-state index in [2.05, 4.69) is 19.2 Å². The van der Waals surface area contributed by atoms with Gasteiger partial charge in [0, 0.05) is 13.1 Å². The average Bonchev–Trinajstić information content (AvgIpc) is 2.60. The number of carboxylic acids is 1. The fraction of sp³-hybridized carbons (Fsp3) is 0.867. The van der Waals surface area contributed by atoms with Crippen LogP contribution < -0.4 is 5.32 Å². The lowest BCUT2D eigenvalue weighted by molar-refractivity contribution is -0.140. The van der Waals surface area contributed by atoms with Crippen LogP contribution in [0, 0.1) is 17.8 Å². The van der Waals surface area contributed by atoms with Gasteiger partial charge in [-0.2, -0.15) is 0 Å². The number of nitrogens with zero attached hydrogens (tertiary/aromatic N) is 1. The van der Waals surface area contributed by atoms with Crippen molar-refractivity contribution in [1.82, 2.24) is 10.2 Å². The van der Waals surface area contributed by atoms with Crippen molar-refractivity contribution in [3.05, 3.63) is 0 Å². The lowest BCUT2D eigenvalue weighted by Crippen LogP contribution is -2.50. The first-order chi connectivity index (χ1) is 9.32. The zero-order valence-corrected chi connectivity index (χ0v) is 13.1. The average molecular weight is 284 g/mol. The van der Waals surface area contributed by atoms with E-state index in [9.17, 15) is 9.59 Å². The molecule has 2 amide bonds. The summed E-state index contributed by atoms with van der Waals surface area (Å²) in [6.07, 6.45) is 3.15. The highest BCUT2D eigenvalue weighted by Gasteiger charge is 2.27. The van der Waals surface area contributed by atoms with Crippen LogP contribution in [0.3, 0.4) is 0 Å². The van der Waals surface area contributed by atoms with Gasteiger partial charge in [-0.3, -0.25) is 0 Å². The van der Waals surface area contributed by atoms with Crippen LogP contribution in [0.25, 0.3) is 0 Å². The summed E-state index contributed by atoms with van der Waals surface area (Å²) in [7, 11) is 0. The number of amides is 2. The van der Waals surface area contributed by atoms with Crippen molar-refractivity contribution in [1.29, 1.82) is 0 Å². The molecular formula is C15H28N2O3. The molecule has 1 fully saturated rings. The Kier molecular flexibility index (Phi) is 6.30. The largest absolute Gasteiger partial charge is 0.480 e. The van der Waals surface area contributed by atoms with Gasteiger partial charge in [-0.25, -0.2) is 9.59 Å². The number of rotatable bonds is 4. The number of urea groups is 1. The van der Waals surface area contributed by atoms with Crippen molar-refractivity contribution in [3.63, 3.8) is 0 Å². The molecule has 1 aliphatic rings. The number of carboxylic acid groups (broad SMARTS) is 1. The van der Waals surface area contributed by atoms with Gasteiger partial charge < -0.3 is 15.3 Å². The molecule has 116 valence electrons. The molecule has 0 spiro atoms. The van der Waals surface area contributed by atoms with E-state index < -0.39 is 12.0 Å². The first-order valence-electron chi connectivity index (χ1n) is 7.61. The molecule has 0 bridgehead atoms. The van der Waals surface area contributed by atoms with E-state index in [1.807, 2.05) is 0 Å². The van der Waals surface area contributed by atoms with E-state index in [-0.39, 0.29) is 11.9 Å². The first kappa shape index (κ1) is 16.8. The predicted molar refractivity (Wildman–Crippen MR) is 78.5 cm³/mol. The lowest BCUT2D eigenvalue weighted by atomic mass is 9.89. The molecule has 0 aromatic carbocycles. The number of carbonyl (C=O) groups is 2. The molecule has 20 heavy (non-hydrogen) atoms. The van der Waals surface area contributed by atoms with E-state index in [0.717, 1.165) is 32.4 Å². The van der Waals surface area contributed by atoms with Gasteiger partial charge in [0.1, 0.15) is 6.04 Å². The standard InChI is InChI=1S/C15H28N2O3/c1-10(2)12-6-5-8-17(9-7-12)15(20)16-13(11(3)4)14(18)19/h10-13H,5-9H2,1-4H3,(H,16,20)(H,18,19)/t12?,13-/m0/s1. The minimum Gasteiger partial charge on any atom is -0.480 e. The summed E-state index contributed by atoms with van der Waals surface area (Å²) in [4.78, 5) is 25.1. The van der Waals surface area contributed by atoms with Crippen LogP contribution in [0.5, 0.6) is 0 Å². The molecule has 1 unspecified atom stereocenters. The first-order valence-corrected chi connectivity index (χ1v) is 7.61. The molecule has 0 radical (unpaired) electrons. The molecule has 1 aliphatic heterocycles. The van der Waals surface area contributed by atoms with Gasteiger partial charge in [-0.15, -0.1) is 0 Å². The molecule has 2 N–H and O–H groups in total. The quantitative estimate of drug-likeness (QED) is 0.833. The number of hydrogen-bond acceptors (Lipinski definition) is 2. The molecule has 0 aromatic rings. The summed E-state index contributed by atoms with van der Waals surface area (Å²) >= 11 is 0. The smallest absolute Gasteiger partial charge is 0.326 e. The van der Waals surface area contributed by atoms with E-state index in [1.165, 1.54) is 0 Å². The van der Waals surface area contributed by atoms with Crippen LogP contribution in [0.15, 0.2) is 0 Å². The van der Waals surface area contributed by atoms with Gasteiger partial charge in [0.25, 0.3) is 0 Å². The van der Waals surface area contributed by atoms with Gasteiger partial charge in [0.2, 0.25) is 0 Å². The molecule has 1 rings (SSSR count). The monoisotopic (exact) mass is 284 g/mol. The van der Waals surface area contributed by atoms with Crippen LogP contribution in [-0.4, -0.2) is 41.1 Å². The highest BCUT2D eigenvalue weighted by Crippen LogP contribution is 2.24. The van der Waals surface area contributed by atoms with E-state index in [4.69, 9.17) is 5.11 Å². The van der Waals surface area contributed by atoms with Gasteiger partial charge in [-0.1, -0.05) is 27.7 Å². The Labute approximate surface area is 121 Å². The van der Waals surface area contributed by atoms with Crippen molar-refractivity contribution < 1.29 is 14.7 Å². The van der Waals surface area contributed by atoms with Crippen molar-refractivity contribution in [2.24, 2.45) is 17.8 Å². The maximum atomic E-state index is 12.2. The van der Waals surface area contributed by atoms with E-state index in [0.29, 0.717) is 11.8 Å². The summed E-state index contributed by atoms with van der Waals surface area (Å²) in [6.45, 7) is 9.49. The van der Waals surface area contributed by atoms with Crippen LogP contribution in [0.2, 0.25) is 0 Å². The maximum Gasteiger partial charge on any atom is 0.326 e. The summed E-state index contributed by atoms with van der Waals surface area (Å²) in [6, 6.07) is -1.05. The molecule has 1 heterocycles. The maximum absolute atomic E-state index is 12.2. The van der Waals surface area contributed by atoms with Gasteiger partial charge in [0.05, 0.1) is 0 Å². The molecule has 1 saturated heterocycles. The summed E-state index contributed by atoms with van der Waals surface area (Å²) in [5.41, 5.74) is 0. The fourth-order valence-electron chi connectivity index (χ4n) is 2.73. The summed E-state index contributed by atoms with van der Waals surface area (Å²) in [5, 5.41) is 11.8. The molecule has 0 aromatic heterocycles. The second-order valence-corrected chi connectivity index (χ2v) is 6.43. The minimum absolute atomic E-state index is 0.119. The van der Waals surface area contributed by atoms with Crippen LogP contribution in [0.4, 0.5) is 4.79 Å².